The molecule has 0 bridgehead atoms. The molecule has 0 saturated carbocycles. The van der Waals surface area contributed by atoms with Crippen LogP contribution in [0.4, 0.5) is 4.39 Å². The molecule has 2 fully saturated rings. The van der Waals surface area contributed by atoms with Crippen molar-refractivity contribution in [3.8, 4) is 0 Å². The minimum Gasteiger partial charge on any atom is -0.342 e. The number of hydrogen-bond acceptors (Lipinski definition) is 4. The lowest BCUT2D eigenvalue weighted by Gasteiger charge is -2.32. The summed E-state index contributed by atoms with van der Waals surface area (Å²) in [4.78, 5) is 26.8. The summed E-state index contributed by atoms with van der Waals surface area (Å²) in [7, 11) is 0. The van der Waals surface area contributed by atoms with Gasteiger partial charge in [0, 0.05) is 49.0 Å². The maximum absolute atomic E-state index is 13.5. The summed E-state index contributed by atoms with van der Waals surface area (Å²) in [6.45, 7) is 8.39. The lowest BCUT2D eigenvalue weighted by molar-refractivity contribution is -0.131. The first-order chi connectivity index (χ1) is 15.0. The molecule has 6 heteroatoms. The quantitative estimate of drug-likeness (QED) is 0.723. The molecule has 1 unspecified atom stereocenters. The van der Waals surface area contributed by atoms with Crippen LogP contribution in [0.1, 0.15) is 66.4 Å². The Bertz CT molecular complexity index is 902. The highest BCUT2D eigenvalue weighted by Gasteiger charge is 2.26. The van der Waals surface area contributed by atoms with E-state index in [1.165, 1.54) is 12.5 Å². The first-order valence-electron chi connectivity index (χ1n) is 11.6. The van der Waals surface area contributed by atoms with E-state index in [2.05, 4.69) is 4.90 Å². The first kappa shape index (κ1) is 21.9. The van der Waals surface area contributed by atoms with E-state index in [9.17, 15) is 9.18 Å². The van der Waals surface area contributed by atoms with Crippen LogP contribution in [0, 0.1) is 19.7 Å². The number of rotatable bonds is 5. The third kappa shape index (κ3) is 5.48. The lowest BCUT2D eigenvalue weighted by Crippen LogP contribution is -2.37. The average molecular weight is 425 g/mol. The number of likely N-dealkylation sites (tertiary alicyclic amines) is 2. The van der Waals surface area contributed by atoms with Gasteiger partial charge < -0.3 is 4.90 Å². The Morgan fingerprint density at radius 1 is 1.06 bits per heavy atom. The Kier molecular flexibility index (Phi) is 6.96. The van der Waals surface area contributed by atoms with Gasteiger partial charge in [0.1, 0.15) is 11.6 Å². The number of aromatic nitrogens is 2. The van der Waals surface area contributed by atoms with E-state index in [1.54, 1.807) is 12.1 Å². The van der Waals surface area contributed by atoms with Crippen molar-refractivity contribution in [2.75, 3.05) is 26.2 Å². The number of hydrogen-bond donors (Lipinski definition) is 0. The van der Waals surface area contributed by atoms with Crippen LogP contribution in [0.3, 0.4) is 0 Å². The van der Waals surface area contributed by atoms with Gasteiger partial charge in [-0.25, -0.2) is 14.4 Å². The molecule has 2 aromatic rings. The SMILES string of the molecule is Cc1nc(C2CCCN(Cc3cccc(F)c3)C2)nc(C)c1CC(=O)N1CCCCC1. The molecule has 4 rings (SSSR count). The molecule has 3 heterocycles. The number of nitrogens with zero attached hydrogens (tertiary/aromatic N) is 4. The van der Waals surface area contributed by atoms with Gasteiger partial charge >= 0.3 is 0 Å². The molecule has 2 aliphatic rings. The van der Waals surface area contributed by atoms with Crippen LogP contribution in [0.25, 0.3) is 0 Å². The monoisotopic (exact) mass is 424 g/mol. The van der Waals surface area contributed by atoms with Gasteiger partial charge in [0.15, 0.2) is 0 Å². The third-order valence-electron chi connectivity index (χ3n) is 6.64. The van der Waals surface area contributed by atoms with E-state index in [0.29, 0.717) is 6.42 Å². The molecule has 1 aromatic carbocycles. The van der Waals surface area contributed by atoms with Crippen molar-refractivity contribution in [2.45, 2.75) is 64.8 Å². The van der Waals surface area contributed by atoms with Gasteiger partial charge in [-0.3, -0.25) is 9.69 Å². The fraction of sp³-hybridized carbons (Fsp3) is 0.560. The minimum atomic E-state index is -0.185. The predicted molar refractivity (Wildman–Crippen MR) is 119 cm³/mol. The Morgan fingerprint density at radius 2 is 1.81 bits per heavy atom. The summed E-state index contributed by atoms with van der Waals surface area (Å²) in [6.07, 6.45) is 5.96. The molecule has 2 saturated heterocycles. The molecule has 2 aliphatic heterocycles. The zero-order chi connectivity index (χ0) is 21.8. The van der Waals surface area contributed by atoms with Crippen molar-refractivity contribution in [3.63, 3.8) is 0 Å². The summed E-state index contributed by atoms with van der Waals surface area (Å²) in [5, 5.41) is 0. The number of carbonyl (C=O) groups is 1. The van der Waals surface area contributed by atoms with Gasteiger partial charge in [-0.15, -0.1) is 0 Å². The molecule has 0 N–H and O–H groups in total. The summed E-state index contributed by atoms with van der Waals surface area (Å²) < 4.78 is 13.5. The predicted octanol–water partition coefficient (Wildman–Crippen LogP) is 4.17. The van der Waals surface area contributed by atoms with Crippen molar-refractivity contribution in [1.29, 1.82) is 0 Å². The second-order valence-corrected chi connectivity index (χ2v) is 9.05. The van der Waals surface area contributed by atoms with Crippen LogP contribution in [0.5, 0.6) is 0 Å². The van der Waals surface area contributed by atoms with E-state index in [0.717, 1.165) is 86.7 Å². The van der Waals surface area contributed by atoms with E-state index < -0.39 is 0 Å². The molecule has 5 nitrogen and oxygen atoms in total. The van der Waals surface area contributed by atoms with Crippen LogP contribution < -0.4 is 0 Å². The van der Waals surface area contributed by atoms with E-state index in [-0.39, 0.29) is 17.6 Å². The standard InChI is InChI=1S/C25H33FN4O/c1-18-23(15-24(31)30-12-4-3-5-13-30)19(2)28-25(27-18)21-9-7-11-29(17-21)16-20-8-6-10-22(26)14-20/h6,8,10,14,21H,3-5,7,9,11-13,15-17H2,1-2H3. The number of amides is 1. The maximum atomic E-state index is 13.5. The molecule has 1 amide bonds. The molecule has 1 atom stereocenters. The summed E-state index contributed by atoms with van der Waals surface area (Å²) in [5.74, 6) is 1.16. The zero-order valence-corrected chi connectivity index (χ0v) is 18.7. The summed E-state index contributed by atoms with van der Waals surface area (Å²) in [5.41, 5.74) is 3.83. The van der Waals surface area contributed by atoms with E-state index in [4.69, 9.17) is 9.97 Å². The number of halogens is 1. The minimum absolute atomic E-state index is 0.185. The van der Waals surface area contributed by atoms with Gasteiger partial charge in [-0.1, -0.05) is 12.1 Å². The lowest BCUT2D eigenvalue weighted by atomic mass is 9.95. The van der Waals surface area contributed by atoms with Crippen molar-refractivity contribution < 1.29 is 9.18 Å². The number of aryl methyl sites for hydroxylation is 2. The second kappa shape index (κ2) is 9.86. The zero-order valence-electron chi connectivity index (χ0n) is 18.7. The van der Waals surface area contributed by atoms with E-state index >= 15 is 0 Å². The van der Waals surface area contributed by atoms with Gasteiger partial charge in [-0.05, 0) is 70.2 Å². The average Bonchev–Trinajstić information content (AvgIpc) is 2.77. The molecule has 0 aliphatic carbocycles. The third-order valence-corrected chi connectivity index (χ3v) is 6.64. The fourth-order valence-electron chi connectivity index (χ4n) is 4.91. The largest absolute Gasteiger partial charge is 0.342 e. The van der Waals surface area contributed by atoms with Crippen LogP contribution in [-0.4, -0.2) is 51.9 Å². The Morgan fingerprint density at radius 3 is 2.52 bits per heavy atom. The van der Waals surface area contributed by atoms with Crippen molar-refractivity contribution in [2.24, 2.45) is 0 Å². The number of piperidine rings is 2. The molecule has 1 aromatic heterocycles. The Balaban J connectivity index is 1.43. The van der Waals surface area contributed by atoms with Crippen molar-refractivity contribution in [3.05, 3.63) is 58.4 Å². The van der Waals surface area contributed by atoms with Gasteiger partial charge in [0.25, 0.3) is 0 Å². The highest BCUT2D eigenvalue weighted by Crippen LogP contribution is 2.27. The van der Waals surface area contributed by atoms with Crippen LogP contribution in [0.2, 0.25) is 0 Å². The summed E-state index contributed by atoms with van der Waals surface area (Å²) in [6, 6.07) is 6.85. The van der Waals surface area contributed by atoms with Crippen LogP contribution >= 0.6 is 0 Å². The smallest absolute Gasteiger partial charge is 0.227 e. The Hall–Kier alpha value is -2.34. The second-order valence-electron chi connectivity index (χ2n) is 9.05. The first-order valence-corrected chi connectivity index (χ1v) is 11.6. The fourth-order valence-corrected chi connectivity index (χ4v) is 4.91. The molecule has 166 valence electrons. The molecular formula is C25H33FN4O. The number of carbonyl (C=O) groups excluding carboxylic acids is 1. The molecule has 0 radical (unpaired) electrons. The topological polar surface area (TPSA) is 49.3 Å². The van der Waals surface area contributed by atoms with Gasteiger partial charge in [0.2, 0.25) is 5.91 Å². The van der Waals surface area contributed by atoms with Crippen LogP contribution in [0.15, 0.2) is 24.3 Å². The normalized spacial score (nSPS) is 20.1. The highest BCUT2D eigenvalue weighted by atomic mass is 19.1. The number of benzene rings is 1. The highest BCUT2D eigenvalue weighted by molar-refractivity contribution is 5.79. The molecule has 31 heavy (non-hydrogen) atoms. The van der Waals surface area contributed by atoms with Crippen molar-refractivity contribution >= 4 is 5.91 Å². The molecule has 0 spiro atoms. The Labute approximate surface area is 184 Å². The summed E-state index contributed by atoms with van der Waals surface area (Å²) >= 11 is 0. The maximum Gasteiger partial charge on any atom is 0.227 e. The van der Waals surface area contributed by atoms with Gasteiger partial charge in [0.05, 0.1) is 6.42 Å². The van der Waals surface area contributed by atoms with Gasteiger partial charge in [-0.2, -0.15) is 0 Å². The van der Waals surface area contributed by atoms with E-state index in [1.807, 2.05) is 24.8 Å². The van der Waals surface area contributed by atoms with Crippen LogP contribution in [-0.2, 0) is 17.8 Å². The molecular weight excluding hydrogens is 391 g/mol. The van der Waals surface area contributed by atoms with Crippen molar-refractivity contribution in [1.82, 2.24) is 19.8 Å².